The molecule has 0 saturated heterocycles. The summed E-state index contributed by atoms with van der Waals surface area (Å²) >= 11 is 5.29. The third-order valence-electron chi connectivity index (χ3n) is 1.75. The standard InChI is InChI=1S/C8H6ClF5N2/c9-4-1-3(2-15)16-6(7(10)11)5(4)8(12,13)14/h1,7H,2,15H2. The molecule has 0 radical (unpaired) electrons. The van der Waals surface area contributed by atoms with Gasteiger partial charge in [0.25, 0.3) is 6.43 Å². The number of nitrogens with two attached hydrogens (primary N) is 1. The molecule has 0 bridgehead atoms. The van der Waals surface area contributed by atoms with Gasteiger partial charge >= 0.3 is 6.18 Å². The molecule has 1 aromatic heterocycles. The Bertz CT molecular complexity index is 391. The van der Waals surface area contributed by atoms with E-state index in [1.807, 2.05) is 0 Å². The van der Waals surface area contributed by atoms with Gasteiger partial charge in [0.05, 0.1) is 10.7 Å². The van der Waals surface area contributed by atoms with Crippen molar-refractivity contribution in [3.63, 3.8) is 0 Å². The molecule has 0 amide bonds. The molecule has 0 atom stereocenters. The number of hydrogen-bond donors (Lipinski definition) is 1. The lowest BCUT2D eigenvalue weighted by Crippen LogP contribution is -2.14. The summed E-state index contributed by atoms with van der Waals surface area (Å²) in [5.74, 6) is 0. The van der Waals surface area contributed by atoms with Crippen LogP contribution in [0.25, 0.3) is 0 Å². The highest BCUT2D eigenvalue weighted by Crippen LogP contribution is 2.39. The lowest BCUT2D eigenvalue weighted by Gasteiger charge is -2.14. The molecule has 0 aromatic carbocycles. The highest BCUT2D eigenvalue weighted by molar-refractivity contribution is 6.31. The molecule has 0 saturated carbocycles. The van der Waals surface area contributed by atoms with E-state index >= 15 is 0 Å². The van der Waals surface area contributed by atoms with Crippen molar-refractivity contribution in [1.82, 2.24) is 4.98 Å². The Kier molecular flexibility index (Phi) is 3.69. The molecule has 0 spiro atoms. The van der Waals surface area contributed by atoms with E-state index in [9.17, 15) is 22.0 Å². The minimum atomic E-state index is -4.97. The first-order chi connectivity index (χ1) is 7.27. The fraction of sp³-hybridized carbons (Fsp3) is 0.375. The molecule has 0 fully saturated rings. The number of hydrogen-bond acceptors (Lipinski definition) is 2. The zero-order chi connectivity index (χ0) is 12.5. The maximum Gasteiger partial charge on any atom is 0.419 e. The molecule has 1 heterocycles. The van der Waals surface area contributed by atoms with Gasteiger partial charge in [-0.25, -0.2) is 13.8 Å². The van der Waals surface area contributed by atoms with Crippen LogP contribution in [0.3, 0.4) is 0 Å². The largest absolute Gasteiger partial charge is 0.419 e. The fourth-order valence-corrected chi connectivity index (χ4v) is 1.46. The first kappa shape index (κ1) is 13.1. The molecular weight excluding hydrogens is 255 g/mol. The van der Waals surface area contributed by atoms with Crippen LogP contribution >= 0.6 is 11.6 Å². The monoisotopic (exact) mass is 260 g/mol. The van der Waals surface area contributed by atoms with Crippen LogP contribution in [-0.2, 0) is 12.7 Å². The molecule has 8 heteroatoms. The highest BCUT2D eigenvalue weighted by atomic mass is 35.5. The molecular formula is C8H6ClF5N2. The Morgan fingerprint density at radius 1 is 1.38 bits per heavy atom. The van der Waals surface area contributed by atoms with Gasteiger partial charge in [-0.1, -0.05) is 11.6 Å². The summed E-state index contributed by atoms with van der Waals surface area (Å²) in [5.41, 5.74) is 1.98. The van der Waals surface area contributed by atoms with E-state index in [-0.39, 0.29) is 12.2 Å². The van der Waals surface area contributed by atoms with E-state index < -0.39 is 28.9 Å². The van der Waals surface area contributed by atoms with Crippen molar-refractivity contribution in [3.8, 4) is 0 Å². The highest BCUT2D eigenvalue weighted by Gasteiger charge is 2.39. The second kappa shape index (κ2) is 4.50. The van der Waals surface area contributed by atoms with E-state index in [0.717, 1.165) is 6.07 Å². The Morgan fingerprint density at radius 2 is 1.94 bits per heavy atom. The Morgan fingerprint density at radius 3 is 2.31 bits per heavy atom. The summed E-state index contributed by atoms with van der Waals surface area (Å²) in [5, 5.41) is -0.821. The maximum atomic E-state index is 12.4. The van der Waals surface area contributed by atoms with Crippen molar-refractivity contribution in [3.05, 3.63) is 28.0 Å². The van der Waals surface area contributed by atoms with Gasteiger partial charge in [0.15, 0.2) is 0 Å². The first-order valence-electron chi connectivity index (χ1n) is 4.02. The summed E-state index contributed by atoms with van der Waals surface area (Å²) in [6.45, 7) is -0.266. The Labute approximate surface area is 92.2 Å². The average Bonchev–Trinajstić information content (AvgIpc) is 2.14. The Hall–Kier alpha value is -0.950. The Balaban J connectivity index is 3.46. The number of halogens is 6. The maximum absolute atomic E-state index is 12.4. The summed E-state index contributed by atoms with van der Waals surface area (Å²) in [6.07, 6.45) is -8.33. The van der Waals surface area contributed by atoms with Crippen LogP contribution in [0.15, 0.2) is 6.07 Å². The van der Waals surface area contributed by atoms with E-state index in [0.29, 0.717) is 0 Å². The molecule has 0 aliphatic rings. The zero-order valence-corrected chi connectivity index (χ0v) is 8.41. The number of nitrogens with zero attached hydrogens (tertiary/aromatic N) is 1. The lowest BCUT2D eigenvalue weighted by molar-refractivity contribution is -0.139. The van der Waals surface area contributed by atoms with Crippen molar-refractivity contribution in [1.29, 1.82) is 0 Å². The van der Waals surface area contributed by atoms with Crippen LogP contribution in [0.5, 0.6) is 0 Å². The van der Waals surface area contributed by atoms with Crippen LogP contribution in [0, 0.1) is 0 Å². The summed E-state index contributed by atoms with van der Waals surface area (Å²) in [6, 6.07) is 0.830. The van der Waals surface area contributed by atoms with Crippen molar-refractivity contribution in [2.75, 3.05) is 0 Å². The van der Waals surface area contributed by atoms with Crippen LogP contribution in [0.4, 0.5) is 22.0 Å². The van der Waals surface area contributed by atoms with Gasteiger partial charge in [-0.3, -0.25) is 0 Å². The SMILES string of the molecule is NCc1cc(Cl)c(C(F)(F)F)c(C(F)F)n1. The number of aromatic nitrogens is 1. The number of pyridine rings is 1. The molecule has 0 unspecified atom stereocenters. The van der Waals surface area contributed by atoms with E-state index in [1.54, 1.807) is 0 Å². The zero-order valence-electron chi connectivity index (χ0n) is 7.65. The van der Waals surface area contributed by atoms with Gasteiger partial charge < -0.3 is 5.73 Å². The average molecular weight is 261 g/mol. The van der Waals surface area contributed by atoms with Crippen LogP contribution in [0.1, 0.15) is 23.4 Å². The molecule has 2 nitrogen and oxygen atoms in total. The number of alkyl halides is 5. The van der Waals surface area contributed by atoms with Crippen molar-refractivity contribution in [2.45, 2.75) is 19.1 Å². The molecule has 1 rings (SSSR count). The van der Waals surface area contributed by atoms with Gasteiger partial charge in [0.1, 0.15) is 11.3 Å². The molecule has 0 aliphatic heterocycles. The second-order valence-electron chi connectivity index (χ2n) is 2.86. The molecule has 90 valence electrons. The molecule has 16 heavy (non-hydrogen) atoms. The molecule has 0 aliphatic carbocycles. The third kappa shape index (κ3) is 2.59. The quantitative estimate of drug-likeness (QED) is 0.830. The first-order valence-corrected chi connectivity index (χ1v) is 4.40. The minimum Gasteiger partial charge on any atom is -0.325 e. The lowest BCUT2D eigenvalue weighted by atomic mass is 10.1. The predicted octanol–water partition coefficient (Wildman–Crippen LogP) is 3.15. The van der Waals surface area contributed by atoms with E-state index in [4.69, 9.17) is 17.3 Å². The van der Waals surface area contributed by atoms with Crippen molar-refractivity contribution < 1.29 is 22.0 Å². The van der Waals surface area contributed by atoms with E-state index in [1.165, 1.54) is 0 Å². The fourth-order valence-electron chi connectivity index (χ4n) is 1.13. The summed E-state index contributed by atoms with van der Waals surface area (Å²) in [4.78, 5) is 3.14. The van der Waals surface area contributed by atoms with Gasteiger partial charge in [0.2, 0.25) is 0 Å². The number of rotatable bonds is 2. The molecule has 2 N–H and O–H groups in total. The summed E-state index contributed by atoms with van der Waals surface area (Å²) in [7, 11) is 0. The normalized spacial score (nSPS) is 12.2. The smallest absolute Gasteiger partial charge is 0.325 e. The summed E-state index contributed by atoms with van der Waals surface area (Å²) < 4.78 is 62.0. The van der Waals surface area contributed by atoms with Crippen LogP contribution in [-0.4, -0.2) is 4.98 Å². The van der Waals surface area contributed by atoms with Crippen molar-refractivity contribution >= 4 is 11.6 Å². The van der Waals surface area contributed by atoms with Gasteiger partial charge in [-0.15, -0.1) is 0 Å². The predicted molar refractivity (Wildman–Crippen MR) is 47.1 cm³/mol. The van der Waals surface area contributed by atoms with E-state index in [2.05, 4.69) is 4.98 Å². The third-order valence-corrected chi connectivity index (χ3v) is 2.05. The minimum absolute atomic E-state index is 0.117. The van der Waals surface area contributed by atoms with Gasteiger partial charge in [0, 0.05) is 6.54 Å². The van der Waals surface area contributed by atoms with Crippen LogP contribution < -0.4 is 5.73 Å². The van der Waals surface area contributed by atoms with Gasteiger partial charge in [-0.2, -0.15) is 13.2 Å². The van der Waals surface area contributed by atoms with Crippen LogP contribution in [0.2, 0.25) is 5.02 Å². The topological polar surface area (TPSA) is 38.9 Å². The molecule has 1 aromatic rings. The van der Waals surface area contributed by atoms with Crippen molar-refractivity contribution in [2.24, 2.45) is 5.73 Å². The second-order valence-corrected chi connectivity index (χ2v) is 3.27. The van der Waals surface area contributed by atoms with Gasteiger partial charge in [-0.05, 0) is 6.07 Å².